The summed E-state index contributed by atoms with van der Waals surface area (Å²) in [6, 6.07) is 8.35. The van der Waals surface area contributed by atoms with Gasteiger partial charge in [-0.1, -0.05) is 62.3 Å². The van der Waals surface area contributed by atoms with Crippen LogP contribution in [0, 0.1) is 10.8 Å². The molecule has 1 aromatic carbocycles. The first-order valence-electron chi connectivity index (χ1n) is 13.3. The molecule has 0 aromatic heterocycles. The van der Waals surface area contributed by atoms with Gasteiger partial charge < -0.3 is 10.1 Å². The number of rotatable bonds is 6. The molecule has 1 aromatic rings. The van der Waals surface area contributed by atoms with Crippen molar-refractivity contribution in [2.45, 2.75) is 72.8 Å². The SMILES string of the molecule is C/C=C(\NC1=CC2=CC(C3=CC=C4CCCCC43C)=CCC2(C)C=C1)c1ccc(OC(C)C)cc1. The molecule has 0 heterocycles. The summed E-state index contributed by atoms with van der Waals surface area (Å²) in [5.74, 6) is 0.906. The Balaban J connectivity index is 1.36. The molecule has 2 heteroatoms. The van der Waals surface area contributed by atoms with E-state index in [1.807, 2.05) is 12.1 Å². The van der Waals surface area contributed by atoms with Crippen LogP contribution < -0.4 is 10.1 Å². The van der Waals surface area contributed by atoms with Crippen LogP contribution in [0.4, 0.5) is 0 Å². The van der Waals surface area contributed by atoms with E-state index < -0.39 is 0 Å². The van der Waals surface area contributed by atoms with Gasteiger partial charge in [0, 0.05) is 22.2 Å². The summed E-state index contributed by atoms with van der Waals surface area (Å²) in [5, 5.41) is 3.68. The van der Waals surface area contributed by atoms with Crippen LogP contribution in [-0.2, 0) is 0 Å². The number of hydrogen-bond acceptors (Lipinski definition) is 2. The molecule has 0 saturated heterocycles. The maximum atomic E-state index is 5.81. The van der Waals surface area contributed by atoms with E-state index in [0.29, 0.717) is 0 Å². The van der Waals surface area contributed by atoms with Gasteiger partial charge >= 0.3 is 0 Å². The minimum absolute atomic E-state index is 0.0590. The predicted octanol–water partition coefficient (Wildman–Crippen LogP) is 8.59. The van der Waals surface area contributed by atoms with Crippen molar-refractivity contribution in [1.82, 2.24) is 5.32 Å². The molecule has 4 aliphatic rings. The Bertz CT molecular complexity index is 1210. The smallest absolute Gasteiger partial charge is 0.119 e. The minimum atomic E-state index is 0.0590. The standard InChI is InChI=1S/C33H39NO/c1-6-31(24-10-13-29(14-11-24)35-23(2)3)34-28-17-20-32(4)19-16-25(21-27(32)22-28)30-15-12-26-9-7-8-18-33(26,30)5/h6,10-17,20-23,34H,7-9,18-19H2,1-5H3/b31-6-. The molecule has 0 radical (unpaired) electrons. The van der Waals surface area contributed by atoms with E-state index in [0.717, 1.165) is 29.1 Å². The lowest BCUT2D eigenvalue weighted by Crippen LogP contribution is -2.27. The third kappa shape index (κ3) is 4.51. The molecule has 1 N–H and O–H groups in total. The van der Waals surface area contributed by atoms with Crippen molar-refractivity contribution in [3.05, 3.63) is 106 Å². The highest BCUT2D eigenvalue weighted by atomic mass is 16.5. The molecule has 0 aliphatic heterocycles. The van der Waals surface area contributed by atoms with Crippen molar-refractivity contribution < 1.29 is 4.74 Å². The molecule has 182 valence electrons. The first-order chi connectivity index (χ1) is 16.8. The molecule has 0 spiro atoms. The summed E-state index contributed by atoms with van der Waals surface area (Å²) in [4.78, 5) is 0. The highest BCUT2D eigenvalue weighted by molar-refractivity contribution is 5.67. The van der Waals surface area contributed by atoms with Crippen LogP contribution in [0.1, 0.15) is 72.3 Å². The molecule has 0 amide bonds. The molecule has 2 atom stereocenters. The Hall–Kier alpha value is -3.00. The monoisotopic (exact) mass is 465 g/mol. The van der Waals surface area contributed by atoms with E-state index in [4.69, 9.17) is 4.74 Å². The molecule has 0 bridgehead atoms. The second-order valence-electron chi connectivity index (χ2n) is 11.1. The average Bonchev–Trinajstić information content (AvgIpc) is 3.19. The van der Waals surface area contributed by atoms with Gasteiger partial charge in [0.15, 0.2) is 0 Å². The van der Waals surface area contributed by atoms with Gasteiger partial charge in [0.05, 0.1) is 6.10 Å². The average molecular weight is 466 g/mol. The minimum Gasteiger partial charge on any atom is -0.491 e. The molecule has 1 fully saturated rings. The molecule has 4 aliphatic carbocycles. The van der Waals surface area contributed by atoms with E-state index in [9.17, 15) is 0 Å². The Labute approximate surface area is 211 Å². The van der Waals surface area contributed by atoms with Gasteiger partial charge in [-0.15, -0.1) is 0 Å². The van der Waals surface area contributed by atoms with Gasteiger partial charge in [0.25, 0.3) is 0 Å². The molecule has 35 heavy (non-hydrogen) atoms. The van der Waals surface area contributed by atoms with E-state index in [2.05, 4.69) is 101 Å². The number of hydrogen-bond donors (Lipinski definition) is 1. The van der Waals surface area contributed by atoms with Crippen LogP contribution in [0.2, 0.25) is 0 Å². The fourth-order valence-electron chi connectivity index (χ4n) is 6.00. The lowest BCUT2D eigenvalue weighted by molar-refractivity contribution is 0.242. The topological polar surface area (TPSA) is 21.3 Å². The molecular weight excluding hydrogens is 426 g/mol. The predicted molar refractivity (Wildman–Crippen MR) is 148 cm³/mol. The third-order valence-electron chi connectivity index (χ3n) is 8.20. The molecule has 1 saturated carbocycles. The van der Waals surface area contributed by atoms with Crippen molar-refractivity contribution in [2.24, 2.45) is 10.8 Å². The third-order valence-corrected chi connectivity index (χ3v) is 8.20. The summed E-state index contributed by atoms with van der Waals surface area (Å²) in [7, 11) is 0. The second kappa shape index (κ2) is 9.22. The lowest BCUT2D eigenvalue weighted by Gasteiger charge is -2.39. The number of ether oxygens (including phenoxy) is 1. The normalized spacial score (nSPS) is 27.8. The second-order valence-corrected chi connectivity index (χ2v) is 11.1. The Morgan fingerprint density at radius 1 is 1.06 bits per heavy atom. The molecular formula is C33H39NO. The van der Waals surface area contributed by atoms with Gasteiger partial charge in [-0.3, -0.25) is 0 Å². The first-order valence-corrected chi connectivity index (χ1v) is 13.3. The number of benzene rings is 1. The Morgan fingerprint density at radius 3 is 2.60 bits per heavy atom. The van der Waals surface area contributed by atoms with E-state index in [1.165, 1.54) is 42.4 Å². The van der Waals surface area contributed by atoms with Crippen molar-refractivity contribution in [3.63, 3.8) is 0 Å². The lowest BCUT2D eigenvalue weighted by atomic mass is 9.65. The zero-order chi connectivity index (χ0) is 24.6. The van der Waals surface area contributed by atoms with Crippen molar-refractivity contribution in [2.75, 3.05) is 0 Å². The molecule has 5 rings (SSSR count). The summed E-state index contributed by atoms with van der Waals surface area (Å²) in [5.41, 5.74) is 9.66. The van der Waals surface area contributed by atoms with Gasteiger partial charge in [-0.05, 0) is 105 Å². The summed E-state index contributed by atoms with van der Waals surface area (Å²) >= 11 is 0. The van der Waals surface area contributed by atoms with Gasteiger partial charge in [-0.2, -0.15) is 0 Å². The van der Waals surface area contributed by atoms with Crippen molar-refractivity contribution >= 4 is 5.70 Å². The maximum absolute atomic E-state index is 5.81. The number of fused-ring (bicyclic) bond motifs is 2. The fraction of sp³-hybridized carbons (Fsp3) is 0.394. The van der Waals surface area contributed by atoms with Crippen LogP contribution >= 0.6 is 0 Å². The van der Waals surface area contributed by atoms with Gasteiger partial charge in [0.2, 0.25) is 0 Å². The fourth-order valence-corrected chi connectivity index (χ4v) is 6.00. The van der Waals surface area contributed by atoms with Crippen LogP contribution in [0.3, 0.4) is 0 Å². The van der Waals surface area contributed by atoms with Gasteiger partial charge in [-0.25, -0.2) is 0 Å². The molecule has 2 nitrogen and oxygen atoms in total. The number of allylic oxidation sites excluding steroid dienone is 12. The van der Waals surface area contributed by atoms with Crippen LogP contribution in [-0.4, -0.2) is 6.10 Å². The molecule has 2 unspecified atom stereocenters. The number of nitrogens with one attached hydrogen (secondary N) is 1. The maximum Gasteiger partial charge on any atom is 0.119 e. The van der Waals surface area contributed by atoms with Crippen LogP contribution in [0.25, 0.3) is 5.70 Å². The largest absolute Gasteiger partial charge is 0.491 e. The van der Waals surface area contributed by atoms with Gasteiger partial charge in [0.1, 0.15) is 5.75 Å². The van der Waals surface area contributed by atoms with E-state index in [-0.39, 0.29) is 16.9 Å². The summed E-state index contributed by atoms with van der Waals surface area (Å²) in [6.45, 7) is 11.0. The highest BCUT2D eigenvalue weighted by Gasteiger charge is 2.40. The summed E-state index contributed by atoms with van der Waals surface area (Å²) < 4.78 is 5.81. The Morgan fingerprint density at radius 2 is 1.86 bits per heavy atom. The zero-order valence-electron chi connectivity index (χ0n) is 21.9. The quantitative estimate of drug-likeness (QED) is 0.454. The van der Waals surface area contributed by atoms with Crippen LogP contribution in [0.5, 0.6) is 5.75 Å². The van der Waals surface area contributed by atoms with Crippen LogP contribution in [0.15, 0.2) is 101 Å². The van der Waals surface area contributed by atoms with Crippen molar-refractivity contribution in [1.29, 1.82) is 0 Å². The zero-order valence-corrected chi connectivity index (χ0v) is 21.9. The highest BCUT2D eigenvalue weighted by Crippen LogP contribution is 2.54. The summed E-state index contributed by atoms with van der Waals surface area (Å²) in [6.07, 6.45) is 25.3. The Kier molecular flexibility index (Phi) is 6.25. The van der Waals surface area contributed by atoms with E-state index >= 15 is 0 Å². The van der Waals surface area contributed by atoms with E-state index in [1.54, 1.807) is 5.57 Å². The van der Waals surface area contributed by atoms with Crippen molar-refractivity contribution in [3.8, 4) is 5.75 Å². The first kappa shape index (κ1) is 23.7.